The standard InChI is InChI=1S/C11H12N6O/c12-3-4-17-10(11(13)18)6-1-2-8-7(5-14-15-8)9(6)16-17/h1-2,5H,3-4,12H2,(H2,13,18)(H,14,15). The first kappa shape index (κ1) is 10.7. The van der Waals surface area contributed by atoms with E-state index in [2.05, 4.69) is 15.3 Å². The number of nitrogens with two attached hydrogens (primary N) is 2. The normalized spacial score (nSPS) is 11.4. The Balaban J connectivity index is 2.41. The van der Waals surface area contributed by atoms with Crippen LogP contribution in [-0.2, 0) is 6.54 Å². The van der Waals surface area contributed by atoms with Crippen molar-refractivity contribution in [3.8, 4) is 0 Å². The Kier molecular flexibility index (Phi) is 2.27. The fraction of sp³-hybridized carbons (Fsp3) is 0.182. The molecule has 7 heteroatoms. The quantitative estimate of drug-likeness (QED) is 0.600. The number of benzene rings is 1. The highest BCUT2D eigenvalue weighted by Gasteiger charge is 2.17. The lowest BCUT2D eigenvalue weighted by Gasteiger charge is -2.01. The number of nitrogens with one attached hydrogen (secondary N) is 1. The van der Waals surface area contributed by atoms with Crippen molar-refractivity contribution in [3.05, 3.63) is 24.0 Å². The SMILES string of the molecule is NCCn1nc2c(ccc3[nH]ncc32)c1C(N)=O. The van der Waals surface area contributed by atoms with Crippen LogP contribution in [0, 0.1) is 0 Å². The molecule has 0 spiro atoms. The molecule has 0 unspecified atom stereocenters. The zero-order valence-corrected chi connectivity index (χ0v) is 9.55. The molecule has 0 aliphatic carbocycles. The summed E-state index contributed by atoms with van der Waals surface area (Å²) in [4.78, 5) is 11.5. The Bertz CT molecular complexity index is 740. The minimum absolute atomic E-state index is 0.388. The van der Waals surface area contributed by atoms with Crippen LogP contribution in [-0.4, -0.2) is 32.4 Å². The van der Waals surface area contributed by atoms with Crippen molar-refractivity contribution in [2.24, 2.45) is 11.5 Å². The zero-order valence-electron chi connectivity index (χ0n) is 9.55. The van der Waals surface area contributed by atoms with E-state index >= 15 is 0 Å². The molecule has 0 aliphatic heterocycles. The molecule has 0 saturated heterocycles. The summed E-state index contributed by atoms with van der Waals surface area (Å²) >= 11 is 0. The number of nitrogens with zero attached hydrogens (tertiary/aromatic N) is 3. The number of hydrogen-bond acceptors (Lipinski definition) is 4. The van der Waals surface area contributed by atoms with Crippen molar-refractivity contribution < 1.29 is 4.79 Å². The highest BCUT2D eigenvalue weighted by molar-refractivity contribution is 6.12. The van der Waals surface area contributed by atoms with E-state index < -0.39 is 5.91 Å². The number of aromatic amines is 1. The number of carbonyl (C=O) groups excluding carboxylic acids is 1. The van der Waals surface area contributed by atoms with Crippen LogP contribution in [0.15, 0.2) is 18.3 Å². The summed E-state index contributed by atoms with van der Waals surface area (Å²) in [6.07, 6.45) is 1.68. The largest absolute Gasteiger partial charge is 0.364 e. The maximum atomic E-state index is 11.5. The lowest BCUT2D eigenvalue weighted by Crippen LogP contribution is -2.21. The topological polar surface area (TPSA) is 116 Å². The number of rotatable bonds is 3. The van der Waals surface area contributed by atoms with Crippen molar-refractivity contribution in [3.63, 3.8) is 0 Å². The second-order valence-corrected chi connectivity index (χ2v) is 4.02. The van der Waals surface area contributed by atoms with Crippen molar-refractivity contribution in [1.82, 2.24) is 20.0 Å². The fourth-order valence-corrected chi connectivity index (χ4v) is 2.16. The van der Waals surface area contributed by atoms with Gasteiger partial charge in [0, 0.05) is 17.3 Å². The Morgan fingerprint density at radius 2 is 2.22 bits per heavy atom. The van der Waals surface area contributed by atoms with Crippen molar-refractivity contribution in [2.75, 3.05) is 6.54 Å². The highest BCUT2D eigenvalue weighted by atomic mass is 16.1. The summed E-state index contributed by atoms with van der Waals surface area (Å²) < 4.78 is 1.56. The number of primary amides is 1. The fourth-order valence-electron chi connectivity index (χ4n) is 2.16. The molecule has 0 bridgehead atoms. The van der Waals surface area contributed by atoms with Crippen LogP contribution < -0.4 is 11.5 Å². The summed E-state index contributed by atoms with van der Waals surface area (Å²) in [6.45, 7) is 0.842. The Labute approximate surface area is 102 Å². The maximum absolute atomic E-state index is 11.5. The molecule has 0 fully saturated rings. The summed E-state index contributed by atoms with van der Waals surface area (Å²) in [6, 6.07) is 3.67. The van der Waals surface area contributed by atoms with Crippen LogP contribution in [0.5, 0.6) is 0 Å². The minimum atomic E-state index is -0.506. The first-order valence-electron chi connectivity index (χ1n) is 5.55. The van der Waals surface area contributed by atoms with Gasteiger partial charge in [-0.1, -0.05) is 0 Å². The van der Waals surface area contributed by atoms with E-state index in [0.29, 0.717) is 24.3 Å². The number of H-pyrrole nitrogens is 1. The first-order valence-corrected chi connectivity index (χ1v) is 5.55. The van der Waals surface area contributed by atoms with Crippen LogP contribution in [0.4, 0.5) is 0 Å². The van der Waals surface area contributed by atoms with E-state index in [1.54, 1.807) is 10.9 Å². The van der Waals surface area contributed by atoms with Crippen LogP contribution in [0.2, 0.25) is 0 Å². The van der Waals surface area contributed by atoms with E-state index in [9.17, 15) is 4.79 Å². The van der Waals surface area contributed by atoms with Gasteiger partial charge in [-0.3, -0.25) is 14.6 Å². The molecular weight excluding hydrogens is 232 g/mol. The van der Waals surface area contributed by atoms with Gasteiger partial charge in [0.25, 0.3) is 5.91 Å². The predicted molar refractivity (Wildman–Crippen MR) is 67.0 cm³/mol. The molecule has 2 heterocycles. The average Bonchev–Trinajstić information content (AvgIpc) is 2.90. The Hall–Kier alpha value is -2.41. The molecule has 18 heavy (non-hydrogen) atoms. The molecule has 1 aromatic carbocycles. The van der Waals surface area contributed by atoms with E-state index in [-0.39, 0.29) is 0 Å². The lowest BCUT2D eigenvalue weighted by atomic mass is 10.1. The number of aromatic nitrogens is 4. The molecular formula is C11H12N6O. The van der Waals surface area contributed by atoms with E-state index in [0.717, 1.165) is 16.3 Å². The van der Waals surface area contributed by atoms with Gasteiger partial charge >= 0.3 is 0 Å². The third-order valence-electron chi connectivity index (χ3n) is 2.90. The monoisotopic (exact) mass is 244 g/mol. The van der Waals surface area contributed by atoms with Gasteiger partial charge in [-0.15, -0.1) is 0 Å². The zero-order chi connectivity index (χ0) is 12.7. The van der Waals surface area contributed by atoms with Gasteiger partial charge in [0.15, 0.2) is 0 Å². The molecule has 92 valence electrons. The van der Waals surface area contributed by atoms with Crippen molar-refractivity contribution in [1.29, 1.82) is 0 Å². The van der Waals surface area contributed by atoms with Gasteiger partial charge in [-0.25, -0.2) is 0 Å². The van der Waals surface area contributed by atoms with Gasteiger partial charge in [-0.2, -0.15) is 10.2 Å². The third kappa shape index (κ3) is 1.37. The third-order valence-corrected chi connectivity index (χ3v) is 2.90. The number of carbonyl (C=O) groups is 1. The van der Waals surface area contributed by atoms with E-state index in [1.165, 1.54) is 0 Å². The molecule has 0 aliphatic rings. The van der Waals surface area contributed by atoms with Crippen molar-refractivity contribution in [2.45, 2.75) is 6.54 Å². The second-order valence-electron chi connectivity index (χ2n) is 4.02. The second kappa shape index (κ2) is 3.81. The summed E-state index contributed by atoms with van der Waals surface area (Å²) in [7, 11) is 0. The summed E-state index contributed by atoms with van der Waals surface area (Å²) in [5.41, 5.74) is 12.9. The Morgan fingerprint density at radius 1 is 1.39 bits per heavy atom. The van der Waals surface area contributed by atoms with E-state index in [1.807, 2.05) is 12.1 Å². The van der Waals surface area contributed by atoms with Gasteiger partial charge in [0.2, 0.25) is 0 Å². The minimum Gasteiger partial charge on any atom is -0.364 e. The number of fused-ring (bicyclic) bond motifs is 3. The molecule has 1 amide bonds. The van der Waals surface area contributed by atoms with Crippen LogP contribution in [0.25, 0.3) is 21.8 Å². The molecule has 3 rings (SSSR count). The number of hydrogen-bond donors (Lipinski definition) is 3. The number of amides is 1. The molecule has 7 nitrogen and oxygen atoms in total. The predicted octanol–water partition coefficient (Wildman–Crippen LogP) is -0.0298. The van der Waals surface area contributed by atoms with Gasteiger partial charge in [0.05, 0.1) is 18.3 Å². The van der Waals surface area contributed by atoms with Crippen LogP contribution in [0.3, 0.4) is 0 Å². The molecule has 0 saturated carbocycles. The van der Waals surface area contributed by atoms with Crippen LogP contribution in [0.1, 0.15) is 10.5 Å². The van der Waals surface area contributed by atoms with Gasteiger partial charge in [-0.05, 0) is 12.1 Å². The lowest BCUT2D eigenvalue weighted by molar-refractivity contribution is 0.0991. The van der Waals surface area contributed by atoms with Crippen LogP contribution >= 0.6 is 0 Å². The molecule has 2 aromatic heterocycles. The smallest absolute Gasteiger partial charge is 0.267 e. The van der Waals surface area contributed by atoms with Crippen molar-refractivity contribution >= 4 is 27.7 Å². The van der Waals surface area contributed by atoms with E-state index in [4.69, 9.17) is 11.5 Å². The average molecular weight is 244 g/mol. The van der Waals surface area contributed by atoms with Gasteiger partial charge < -0.3 is 11.5 Å². The highest BCUT2D eigenvalue weighted by Crippen LogP contribution is 2.25. The van der Waals surface area contributed by atoms with Gasteiger partial charge in [0.1, 0.15) is 11.2 Å². The first-order chi connectivity index (χ1) is 8.72. The molecule has 3 aromatic rings. The molecule has 5 N–H and O–H groups in total. The Morgan fingerprint density at radius 3 is 2.94 bits per heavy atom. The maximum Gasteiger partial charge on any atom is 0.267 e. The molecule has 0 radical (unpaired) electrons. The summed E-state index contributed by atoms with van der Waals surface area (Å²) in [5.74, 6) is -0.506. The summed E-state index contributed by atoms with van der Waals surface area (Å²) in [5, 5.41) is 12.8. The molecule has 0 atom stereocenters.